The lowest BCUT2D eigenvalue weighted by Gasteiger charge is -2.12. The molecule has 7 aromatic carbocycles. The summed E-state index contributed by atoms with van der Waals surface area (Å²) in [7, 11) is 0. The minimum Gasteiger partial charge on any atom is -0.456 e. The molecule has 13 rings (SSSR count). The second kappa shape index (κ2) is 13.9. The van der Waals surface area contributed by atoms with Gasteiger partial charge < -0.3 is 8.98 Å². The van der Waals surface area contributed by atoms with E-state index in [4.69, 9.17) is 24.4 Å². The van der Waals surface area contributed by atoms with Crippen molar-refractivity contribution in [3.8, 4) is 56.8 Å². The van der Waals surface area contributed by atoms with Crippen LogP contribution in [0.15, 0.2) is 205 Å². The molecule has 0 aliphatic rings. The van der Waals surface area contributed by atoms with Crippen LogP contribution in [0.3, 0.4) is 0 Å². The molecule has 0 bridgehead atoms. The van der Waals surface area contributed by atoms with E-state index in [1.54, 1.807) is 6.20 Å². The van der Waals surface area contributed by atoms with E-state index in [1.165, 1.54) is 0 Å². The maximum Gasteiger partial charge on any atom is 0.162 e. The molecule has 6 aromatic heterocycles. The summed E-state index contributed by atoms with van der Waals surface area (Å²) in [6, 6.07) is 63.0. The highest BCUT2D eigenvalue weighted by Crippen LogP contribution is 2.39. The summed E-state index contributed by atoms with van der Waals surface area (Å²) < 4.78 is 10.7. The van der Waals surface area contributed by atoms with Crippen molar-refractivity contribution in [2.24, 2.45) is 0 Å². The smallest absolute Gasteiger partial charge is 0.162 e. The van der Waals surface area contributed by atoms with E-state index in [9.17, 15) is 0 Å². The Morgan fingerprint density at radius 3 is 1.89 bits per heavy atom. The fraction of sp³-hybridized carbons (Fsp3) is 0. The highest BCUT2D eigenvalue weighted by molar-refractivity contribution is 6.12. The number of rotatable bonds is 6. The third-order valence-corrected chi connectivity index (χ3v) is 12.1. The minimum absolute atomic E-state index is 0.640. The number of benzene rings is 7. The first-order valence-electron chi connectivity index (χ1n) is 20.9. The quantitative estimate of drug-likeness (QED) is 0.166. The Hall–Kier alpha value is -8.75. The molecule has 8 nitrogen and oxygen atoms in total. The number of furan rings is 1. The number of para-hydroxylation sites is 2. The van der Waals surface area contributed by atoms with E-state index in [1.807, 2.05) is 60.9 Å². The van der Waals surface area contributed by atoms with E-state index in [0.29, 0.717) is 11.6 Å². The number of nitrogens with zero attached hydrogens (tertiary/aromatic N) is 7. The summed E-state index contributed by atoms with van der Waals surface area (Å²) in [6.07, 6.45) is 5.49. The molecular formula is C55H33N7O. The van der Waals surface area contributed by atoms with Crippen LogP contribution in [0.5, 0.6) is 0 Å². The van der Waals surface area contributed by atoms with Gasteiger partial charge in [-0.3, -0.25) is 9.55 Å². The van der Waals surface area contributed by atoms with Crippen LogP contribution in [0.2, 0.25) is 0 Å². The molecule has 0 unspecified atom stereocenters. The molecule has 0 radical (unpaired) electrons. The lowest BCUT2D eigenvalue weighted by molar-refractivity contribution is 0.668. The third-order valence-electron chi connectivity index (χ3n) is 12.1. The van der Waals surface area contributed by atoms with E-state index in [0.717, 1.165) is 111 Å². The Kier molecular flexibility index (Phi) is 7.74. The monoisotopic (exact) mass is 807 g/mol. The lowest BCUT2D eigenvalue weighted by atomic mass is 10.1. The number of pyridine rings is 1. The minimum atomic E-state index is 0.640. The molecular weight excluding hydrogens is 775 g/mol. The summed E-state index contributed by atoms with van der Waals surface area (Å²) in [5.74, 6) is 2.08. The number of aromatic nitrogens is 7. The zero-order valence-corrected chi connectivity index (χ0v) is 33.6. The van der Waals surface area contributed by atoms with Crippen LogP contribution in [0.1, 0.15) is 0 Å². The first kappa shape index (κ1) is 35.0. The van der Waals surface area contributed by atoms with Crippen molar-refractivity contribution < 1.29 is 4.42 Å². The second-order valence-electron chi connectivity index (χ2n) is 15.8. The molecule has 0 fully saturated rings. The summed E-state index contributed by atoms with van der Waals surface area (Å²) in [4.78, 5) is 24.7. The molecule has 0 aliphatic heterocycles. The van der Waals surface area contributed by atoms with Gasteiger partial charge in [0.25, 0.3) is 0 Å². The first-order chi connectivity index (χ1) is 31.2. The van der Waals surface area contributed by atoms with Crippen molar-refractivity contribution in [2.75, 3.05) is 0 Å². The molecule has 0 N–H and O–H groups in total. The van der Waals surface area contributed by atoms with Crippen LogP contribution >= 0.6 is 0 Å². The summed E-state index contributed by atoms with van der Waals surface area (Å²) in [5, 5.41) is 6.60. The molecule has 0 aliphatic carbocycles. The Morgan fingerprint density at radius 1 is 0.365 bits per heavy atom. The molecule has 0 amide bonds. The van der Waals surface area contributed by atoms with Crippen LogP contribution in [0.4, 0.5) is 0 Å². The molecule has 6 heterocycles. The molecule has 13 aromatic rings. The van der Waals surface area contributed by atoms with Gasteiger partial charge in [-0.2, -0.15) is 0 Å². The van der Waals surface area contributed by atoms with Crippen molar-refractivity contribution in [1.29, 1.82) is 0 Å². The van der Waals surface area contributed by atoms with Crippen LogP contribution in [0.25, 0.3) is 122 Å². The lowest BCUT2D eigenvalue weighted by Crippen LogP contribution is -2.02. The zero-order valence-electron chi connectivity index (χ0n) is 33.6. The first-order valence-corrected chi connectivity index (χ1v) is 20.9. The number of hydrogen-bond acceptors (Lipinski definition) is 6. The van der Waals surface area contributed by atoms with Gasteiger partial charge in [0.1, 0.15) is 17.0 Å². The topological polar surface area (TPSA) is 87.5 Å². The molecule has 0 saturated heterocycles. The number of hydrogen-bond donors (Lipinski definition) is 0. The van der Waals surface area contributed by atoms with E-state index < -0.39 is 0 Å². The predicted octanol–water partition coefficient (Wildman–Crippen LogP) is 13.4. The average molecular weight is 808 g/mol. The fourth-order valence-electron chi connectivity index (χ4n) is 9.20. The third kappa shape index (κ3) is 5.66. The average Bonchev–Trinajstić information content (AvgIpc) is 4.01. The molecule has 294 valence electrons. The van der Waals surface area contributed by atoms with Gasteiger partial charge in [0.2, 0.25) is 0 Å². The maximum absolute atomic E-state index is 6.14. The summed E-state index contributed by atoms with van der Waals surface area (Å²) in [6.45, 7) is 0. The van der Waals surface area contributed by atoms with Crippen LogP contribution in [-0.4, -0.2) is 34.1 Å². The Bertz CT molecular complexity index is 3870. The van der Waals surface area contributed by atoms with Crippen LogP contribution in [-0.2, 0) is 0 Å². The van der Waals surface area contributed by atoms with Crippen molar-refractivity contribution in [1.82, 2.24) is 34.1 Å². The second-order valence-corrected chi connectivity index (χ2v) is 15.8. The standard InChI is InChI=1S/C55H33N7O/c1-3-11-34(12-4-1)46-32-53(60-55(59-46)35-13-5-2-6-14-35)62-48-18-10-7-15-39(48)41-22-19-37(30-50(41)62)54-57-28-25-45(58-54)36-20-23-49-42(29-36)40-16-8-9-17-47(40)61(49)38-21-24-51-43(31-38)44-33-56-27-26-52(44)63-51/h1-33H. The molecule has 8 heteroatoms. The largest absolute Gasteiger partial charge is 0.456 e. The Labute approximate surface area is 360 Å². The van der Waals surface area contributed by atoms with Gasteiger partial charge in [0, 0.05) is 84.9 Å². The normalized spacial score (nSPS) is 11.8. The maximum atomic E-state index is 6.14. The van der Waals surface area contributed by atoms with E-state index >= 15 is 0 Å². The highest BCUT2D eigenvalue weighted by atomic mass is 16.3. The van der Waals surface area contributed by atoms with Gasteiger partial charge >= 0.3 is 0 Å². The van der Waals surface area contributed by atoms with Crippen LogP contribution < -0.4 is 0 Å². The van der Waals surface area contributed by atoms with Crippen molar-refractivity contribution in [2.45, 2.75) is 0 Å². The fourth-order valence-corrected chi connectivity index (χ4v) is 9.20. The number of fused-ring (bicyclic) bond motifs is 9. The SMILES string of the molecule is c1ccc(-c2cc(-n3c4ccccc4c4ccc(-c5nccc(-c6ccc7c(c6)c6ccccc6n7-c6ccc7oc8ccncc8c7c6)n5)cc43)nc(-c3ccccc3)n2)cc1. The Balaban J connectivity index is 0.942. The van der Waals surface area contributed by atoms with Crippen molar-refractivity contribution >= 4 is 65.6 Å². The molecule has 0 spiro atoms. The van der Waals surface area contributed by atoms with Gasteiger partial charge in [-0.25, -0.2) is 19.9 Å². The van der Waals surface area contributed by atoms with Gasteiger partial charge in [-0.1, -0.05) is 115 Å². The molecule has 0 saturated carbocycles. The van der Waals surface area contributed by atoms with Gasteiger partial charge in [0.05, 0.1) is 33.5 Å². The molecule has 63 heavy (non-hydrogen) atoms. The predicted molar refractivity (Wildman–Crippen MR) is 253 cm³/mol. The summed E-state index contributed by atoms with van der Waals surface area (Å²) >= 11 is 0. The van der Waals surface area contributed by atoms with Crippen molar-refractivity contribution in [3.63, 3.8) is 0 Å². The Morgan fingerprint density at radius 2 is 1.05 bits per heavy atom. The van der Waals surface area contributed by atoms with Gasteiger partial charge in [-0.15, -0.1) is 0 Å². The molecule has 0 atom stereocenters. The van der Waals surface area contributed by atoms with E-state index in [-0.39, 0.29) is 0 Å². The highest BCUT2D eigenvalue weighted by Gasteiger charge is 2.19. The van der Waals surface area contributed by atoms with Gasteiger partial charge in [0.15, 0.2) is 11.6 Å². The van der Waals surface area contributed by atoms with E-state index in [2.05, 4.69) is 148 Å². The summed E-state index contributed by atoms with van der Waals surface area (Å²) in [5.41, 5.74) is 12.6. The van der Waals surface area contributed by atoms with Crippen LogP contribution in [0, 0.1) is 0 Å². The van der Waals surface area contributed by atoms with Crippen molar-refractivity contribution in [3.05, 3.63) is 201 Å². The zero-order chi connectivity index (χ0) is 41.4. The van der Waals surface area contributed by atoms with Gasteiger partial charge in [-0.05, 0) is 60.7 Å².